The van der Waals surface area contributed by atoms with Crippen molar-refractivity contribution in [2.45, 2.75) is 31.8 Å². The van der Waals surface area contributed by atoms with Gasteiger partial charge in [0.1, 0.15) is 18.1 Å². The lowest BCUT2D eigenvalue weighted by Crippen LogP contribution is -2.23. The molecule has 0 radical (unpaired) electrons. The number of phenolic OH excluding ortho intramolecular Hbond substituents is 1. The van der Waals surface area contributed by atoms with Gasteiger partial charge >= 0.3 is 0 Å². The van der Waals surface area contributed by atoms with Gasteiger partial charge in [0.15, 0.2) is 0 Å². The number of aromatic hydroxyl groups is 1. The number of nitrogens with one attached hydrogen (secondary N) is 1. The molecule has 0 saturated heterocycles. The maximum atomic E-state index is 13.2. The molecule has 1 aliphatic rings. The van der Waals surface area contributed by atoms with Gasteiger partial charge in [0.25, 0.3) is 6.43 Å². The van der Waals surface area contributed by atoms with Crippen LogP contribution in [0, 0.1) is 0 Å². The number of phenols is 1. The van der Waals surface area contributed by atoms with E-state index >= 15 is 0 Å². The van der Waals surface area contributed by atoms with Crippen LogP contribution in [0.25, 0.3) is 0 Å². The molecule has 1 fully saturated rings. The molecule has 3 rings (SSSR count). The molecule has 0 aromatic heterocycles. The average molecular weight is 393 g/mol. The predicted octanol–water partition coefficient (Wildman–Crippen LogP) is 3.78. The normalized spacial score (nSPS) is 12.8. The van der Waals surface area contributed by atoms with Crippen molar-refractivity contribution in [1.29, 1.82) is 0 Å². The molecule has 2 aromatic rings. The Morgan fingerprint density at radius 3 is 2.57 bits per heavy atom. The molecule has 0 bridgehead atoms. The van der Waals surface area contributed by atoms with Gasteiger partial charge in [0, 0.05) is 36.5 Å². The second-order valence-corrected chi connectivity index (χ2v) is 6.48. The molecule has 1 saturated carbocycles. The molecule has 6 nitrogen and oxygen atoms in total. The number of carbonyl (C=O) groups is 1. The number of ether oxygens (including phenoxy) is 1. The van der Waals surface area contributed by atoms with Crippen LogP contribution in [0.5, 0.6) is 11.5 Å². The third-order valence-electron chi connectivity index (χ3n) is 4.27. The Bertz CT molecular complexity index is 796. The smallest absolute Gasteiger partial charge is 0.264 e. The Hall–Kier alpha value is -2.87. The van der Waals surface area contributed by atoms with Crippen LogP contribution in [0.2, 0.25) is 0 Å². The van der Waals surface area contributed by atoms with Gasteiger partial charge in [0.05, 0.1) is 0 Å². The van der Waals surface area contributed by atoms with Gasteiger partial charge in [-0.1, -0.05) is 12.1 Å². The Kier molecular flexibility index (Phi) is 7.57. The topological polar surface area (TPSA) is 87.8 Å². The van der Waals surface area contributed by atoms with E-state index in [1.54, 1.807) is 37.4 Å². The summed E-state index contributed by atoms with van der Waals surface area (Å²) in [6.45, 7) is 0.0567. The third kappa shape index (κ3) is 5.82. The monoisotopic (exact) mass is 393 g/mol. The molecule has 4 N–H and O–H groups in total. The Morgan fingerprint density at radius 1 is 1.36 bits per heavy atom. The van der Waals surface area contributed by atoms with Gasteiger partial charge in [-0.2, -0.15) is 0 Å². The molecular weight excluding hydrogens is 368 g/mol. The summed E-state index contributed by atoms with van der Waals surface area (Å²) in [6, 6.07) is 9.73. The zero-order valence-electron chi connectivity index (χ0n) is 15.9. The number of alkyl halides is 2. The highest BCUT2D eigenvalue weighted by Gasteiger charge is 2.27. The highest BCUT2D eigenvalue weighted by atomic mass is 19.3. The molecular formula is C20H25F2N3O3. The number of hydrazine groups is 1. The summed E-state index contributed by atoms with van der Waals surface area (Å²) >= 11 is 0. The predicted molar refractivity (Wildman–Crippen MR) is 103 cm³/mol. The Morgan fingerprint density at radius 2 is 2.04 bits per heavy atom. The number of hydrogen-bond donors (Lipinski definition) is 3. The fourth-order valence-electron chi connectivity index (χ4n) is 2.74. The van der Waals surface area contributed by atoms with Gasteiger partial charge in [-0.05, 0) is 43.0 Å². The number of anilines is 1. The number of nitrogens with two attached hydrogens (primary N) is 1. The highest BCUT2D eigenvalue weighted by Crippen LogP contribution is 2.45. The number of amides is 1. The zero-order valence-corrected chi connectivity index (χ0v) is 15.9. The van der Waals surface area contributed by atoms with Crippen molar-refractivity contribution in [3.05, 3.63) is 53.1 Å². The maximum Gasteiger partial charge on any atom is 0.264 e. The first-order chi connectivity index (χ1) is 13.4. The number of hydrogen-bond acceptors (Lipinski definition) is 5. The van der Waals surface area contributed by atoms with Crippen molar-refractivity contribution in [2.75, 3.05) is 19.4 Å². The number of carbonyl (C=O) groups excluding carboxylic acids is 1. The fourth-order valence-corrected chi connectivity index (χ4v) is 2.74. The van der Waals surface area contributed by atoms with E-state index in [4.69, 9.17) is 10.6 Å². The lowest BCUT2D eigenvalue weighted by molar-refractivity contribution is -0.117. The van der Waals surface area contributed by atoms with Gasteiger partial charge in [-0.3, -0.25) is 9.80 Å². The first-order valence-electron chi connectivity index (χ1n) is 8.83. The standard InChI is InChI=1S/C18H19F2NO2.C2H6N2O/c1-21-16-4-2-3-13(18(19)20)15(16)10-23-17-8-7-12(22)9-14(17)11-5-6-11;1-4(3)2-5/h2-4,7-9,11,18,21-22H,5-6,10H2,1H3;2H,3H2,1H3. The van der Waals surface area contributed by atoms with Gasteiger partial charge in [-0.25, -0.2) is 14.6 Å². The van der Waals surface area contributed by atoms with Crippen LogP contribution in [-0.2, 0) is 11.4 Å². The second-order valence-electron chi connectivity index (χ2n) is 6.48. The molecule has 0 unspecified atom stereocenters. The van der Waals surface area contributed by atoms with Crippen LogP contribution >= 0.6 is 0 Å². The number of halogens is 2. The van der Waals surface area contributed by atoms with Crippen LogP contribution in [0.15, 0.2) is 36.4 Å². The van der Waals surface area contributed by atoms with E-state index in [9.17, 15) is 18.7 Å². The fraction of sp³-hybridized carbons (Fsp3) is 0.350. The summed E-state index contributed by atoms with van der Waals surface area (Å²) in [6.07, 6.45) is 0.106. The summed E-state index contributed by atoms with van der Waals surface area (Å²) in [7, 11) is 3.16. The van der Waals surface area contributed by atoms with E-state index in [2.05, 4.69) is 5.32 Å². The van der Waals surface area contributed by atoms with Crippen molar-refractivity contribution in [3.63, 3.8) is 0 Å². The van der Waals surface area contributed by atoms with Crippen LogP contribution in [0.3, 0.4) is 0 Å². The SMILES string of the molecule is CN(N)C=O.CNc1cccc(C(F)F)c1COc1ccc(O)cc1C1CC1. The molecule has 152 valence electrons. The highest BCUT2D eigenvalue weighted by molar-refractivity contribution is 5.55. The van der Waals surface area contributed by atoms with E-state index in [0.29, 0.717) is 29.3 Å². The van der Waals surface area contributed by atoms with Crippen molar-refractivity contribution in [1.82, 2.24) is 5.01 Å². The molecule has 0 aliphatic heterocycles. The second kappa shape index (κ2) is 9.89. The summed E-state index contributed by atoms with van der Waals surface area (Å²) in [5, 5.41) is 13.5. The number of nitrogens with zero attached hydrogens (tertiary/aromatic N) is 1. The van der Waals surface area contributed by atoms with Gasteiger partial charge in [-0.15, -0.1) is 0 Å². The quantitative estimate of drug-likeness (QED) is 0.288. The Labute approximate surface area is 162 Å². The van der Waals surface area contributed by atoms with Crippen molar-refractivity contribution < 1.29 is 23.4 Å². The summed E-state index contributed by atoms with van der Waals surface area (Å²) < 4.78 is 32.3. The maximum absolute atomic E-state index is 13.2. The minimum Gasteiger partial charge on any atom is -0.508 e. The van der Waals surface area contributed by atoms with Crippen molar-refractivity contribution in [2.24, 2.45) is 5.84 Å². The first kappa shape index (κ1) is 21.4. The molecule has 0 atom stereocenters. The molecule has 1 aliphatic carbocycles. The number of benzene rings is 2. The number of rotatable bonds is 7. The van der Waals surface area contributed by atoms with Crippen molar-refractivity contribution in [3.8, 4) is 11.5 Å². The minimum atomic E-state index is -2.55. The van der Waals surface area contributed by atoms with E-state index in [0.717, 1.165) is 23.4 Å². The molecule has 0 spiro atoms. The lowest BCUT2D eigenvalue weighted by Gasteiger charge is -2.17. The zero-order chi connectivity index (χ0) is 20.7. The van der Waals surface area contributed by atoms with Gasteiger partial charge < -0.3 is 15.2 Å². The molecule has 2 aromatic carbocycles. The molecule has 1 amide bonds. The minimum absolute atomic E-state index is 0.0244. The molecule has 28 heavy (non-hydrogen) atoms. The average Bonchev–Trinajstić information content (AvgIpc) is 3.52. The van der Waals surface area contributed by atoms with E-state index in [1.165, 1.54) is 13.1 Å². The van der Waals surface area contributed by atoms with E-state index < -0.39 is 6.43 Å². The molecule has 0 heterocycles. The van der Waals surface area contributed by atoms with E-state index in [-0.39, 0.29) is 17.9 Å². The van der Waals surface area contributed by atoms with Gasteiger partial charge in [0.2, 0.25) is 6.41 Å². The molecule has 8 heteroatoms. The van der Waals surface area contributed by atoms with Crippen LogP contribution < -0.4 is 15.9 Å². The van der Waals surface area contributed by atoms with Crippen LogP contribution in [-0.4, -0.2) is 30.6 Å². The van der Waals surface area contributed by atoms with E-state index in [1.807, 2.05) is 0 Å². The largest absolute Gasteiger partial charge is 0.508 e. The van der Waals surface area contributed by atoms with Crippen molar-refractivity contribution >= 4 is 12.1 Å². The summed E-state index contributed by atoms with van der Waals surface area (Å²) in [4.78, 5) is 9.31. The van der Waals surface area contributed by atoms with Crippen LogP contribution in [0.4, 0.5) is 14.5 Å². The first-order valence-corrected chi connectivity index (χ1v) is 8.83. The lowest BCUT2D eigenvalue weighted by atomic mass is 10.1. The summed E-state index contributed by atoms with van der Waals surface area (Å²) in [5.41, 5.74) is 2.02. The summed E-state index contributed by atoms with van der Waals surface area (Å²) in [5.74, 6) is 6.00. The Balaban J connectivity index is 0.000000500. The van der Waals surface area contributed by atoms with Crippen LogP contribution in [0.1, 0.15) is 41.9 Å². The third-order valence-corrected chi connectivity index (χ3v) is 4.27.